The molecule has 4 rings (SSSR count). The van der Waals surface area contributed by atoms with Gasteiger partial charge < -0.3 is 38.5 Å². The van der Waals surface area contributed by atoms with E-state index < -0.39 is 81.3 Å². The Hall–Kier alpha value is -5.73. The number of carbonyl (C=O) groups excluding carboxylic acids is 6. The van der Waals surface area contributed by atoms with Crippen molar-refractivity contribution >= 4 is 59.9 Å². The number of rotatable bonds is 8. The van der Waals surface area contributed by atoms with Crippen molar-refractivity contribution in [3.63, 3.8) is 0 Å². The van der Waals surface area contributed by atoms with Crippen molar-refractivity contribution in [2.45, 2.75) is 34.2 Å². The summed E-state index contributed by atoms with van der Waals surface area (Å²) in [4.78, 5) is 78.2. The SMILES string of the molecule is COC(=O)C1CN(C(=O)OC)CCN1C(=O)/C=C/c1ccc(Sc2ccc(/C=C/C(=O)N3CCN(C(=O)OC)CC3C(=O)OC)cc2C(F)(F)F)c(C(F)(F)F)c1. The molecule has 0 radical (unpaired) electrons. The topological polar surface area (TPSA) is 152 Å². The fourth-order valence-electron chi connectivity index (χ4n) is 5.93. The molecule has 2 aliphatic heterocycles. The van der Waals surface area contributed by atoms with E-state index in [1.165, 1.54) is 9.80 Å². The van der Waals surface area contributed by atoms with Gasteiger partial charge in [0, 0.05) is 48.1 Å². The van der Waals surface area contributed by atoms with E-state index in [2.05, 4.69) is 9.47 Å². The summed E-state index contributed by atoms with van der Waals surface area (Å²) in [7, 11) is 4.42. The second-order valence-electron chi connectivity index (χ2n) is 12.2. The highest BCUT2D eigenvalue weighted by molar-refractivity contribution is 7.99. The summed E-state index contributed by atoms with van der Waals surface area (Å²) in [6.45, 7) is -0.777. The number of hydrogen-bond acceptors (Lipinski definition) is 11. The van der Waals surface area contributed by atoms with Crippen LogP contribution in [-0.2, 0) is 50.5 Å². The van der Waals surface area contributed by atoms with Crippen LogP contribution in [0.3, 0.4) is 0 Å². The molecule has 57 heavy (non-hydrogen) atoms. The fraction of sp³-hybridized carbons (Fsp3) is 0.389. The third kappa shape index (κ3) is 10.8. The molecule has 0 bridgehead atoms. The Balaban J connectivity index is 1.56. The summed E-state index contributed by atoms with van der Waals surface area (Å²) in [6.07, 6.45) is -7.64. The quantitative estimate of drug-likeness (QED) is 0.156. The van der Waals surface area contributed by atoms with E-state index in [1.807, 2.05) is 0 Å². The summed E-state index contributed by atoms with van der Waals surface area (Å²) in [5.41, 5.74) is -2.86. The molecule has 0 aromatic heterocycles. The molecule has 21 heteroatoms. The van der Waals surface area contributed by atoms with E-state index >= 15 is 0 Å². The molecule has 0 N–H and O–H groups in total. The normalized spacial score (nSPS) is 17.8. The van der Waals surface area contributed by atoms with Gasteiger partial charge in [-0.1, -0.05) is 23.9 Å². The van der Waals surface area contributed by atoms with Gasteiger partial charge in [0.25, 0.3) is 0 Å². The smallest absolute Gasteiger partial charge is 0.417 e. The van der Waals surface area contributed by atoms with Crippen LogP contribution >= 0.6 is 11.8 Å². The Morgan fingerprint density at radius 3 is 1.28 bits per heavy atom. The maximum atomic E-state index is 14.3. The molecule has 2 aliphatic rings. The summed E-state index contributed by atoms with van der Waals surface area (Å²) < 4.78 is 105. The number of hydrogen-bond donors (Lipinski definition) is 0. The zero-order valence-corrected chi connectivity index (χ0v) is 31.5. The van der Waals surface area contributed by atoms with E-state index in [0.717, 1.165) is 86.8 Å². The molecule has 2 unspecified atom stereocenters. The van der Waals surface area contributed by atoms with Crippen molar-refractivity contribution in [2.75, 3.05) is 67.7 Å². The molecule has 2 aromatic rings. The van der Waals surface area contributed by atoms with E-state index in [9.17, 15) is 55.1 Å². The van der Waals surface area contributed by atoms with Gasteiger partial charge >= 0.3 is 36.5 Å². The second-order valence-corrected chi connectivity index (χ2v) is 13.3. The summed E-state index contributed by atoms with van der Waals surface area (Å²) in [5.74, 6) is -3.25. The van der Waals surface area contributed by atoms with Crippen LogP contribution in [0.25, 0.3) is 12.2 Å². The minimum Gasteiger partial charge on any atom is -0.467 e. The summed E-state index contributed by atoms with van der Waals surface area (Å²) in [5, 5.41) is 0. The van der Waals surface area contributed by atoms with Crippen molar-refractivity contribution in [3.05, 3.63) is 70.8 Å². The van der Waals surface area contributed by atoms with Gasteiger partial charge in [0.2, 0.25) is 11.8 Å². The second kappa shape index (κ2) is 18.5. The number of methoxy groups -OCH3 is 4. The maximum absolute atomic E-state index is 14.3. The number of nitrogens with zero attached hydrogens (tertiary/aromatic N) is 4. The van der Waals surface area contributed by atoms with E-state index in [4.69, 9.17) is 9.47 Å². The largest absolute Gasteiger partial charge is 0.467 e. The zero-order valence-electron chi connectivity index (χ0n) is 30.7. The highest BCUT2D eigenvalue weighted by Gasteiger charge is 2.40. The van der Waals surface area contributed by atoms with Crippen molar-refractivity contribution in [1.29, 1.82) is 0 Å². The van der Waals surface area contributed by atoms with Gasteiger partial charge in [0.05, 0.1) is 52.7 Å². The monoisotopic (exact) mass is 830 g/mol. The minimum absolute atomic E-state index is 0.00598. The maximum Gasteiger partial charge on any atom is 0.417 e. The number of esters is 2. The number of alkyl halides is 6. The molecule has 14 nitrogen and oxygen atoms in total. The van der Waals surface area contributed by atoms with E-state index in [1.54, 1.807) is 0 Å². The van der Waals surface area contributed by atoms with Crippen LogP contribution in [0.4, 0.5) is 35.9 Å². The summed E-state index contributed by atoms with van der Waals surface area (Å²) in [6, 6.07) is 3.08. The lowest BCUT2D eigenvalue weighted by atomic mass is 10.1. The van der Waals surface area contributed by atoms with Crippen molar-refractivity contribution in [2.24, 2.45) is 0 Å². The average Bonchev–Trinajstić information content (AvgIpc) is 3.19. The lowest BCUT2D eigenvalue weighted by Gasteiger charge is -2.38. The molecule has 2 saturated heterocycles. The Bertz CT molecular complexity index is 1800. The Morgan fingerprint density at radius 1 is 0.596 bits per heavy atom. The van der Waals surface area contributed by atoms with Crippen LogP contribution in [0.5, 0.6) is 0 Å². The number of piperazine rings is 2. The predicted octanol–water partition coefficient (Wildman–Crippen LogP) is 4.81. The first-order valence-corrected chi connectivity index (χ1v) is 17.5. The first kappa shape index (κ1) is 44.0. The average molecular weight is 831 g/mol. The van der Waals surface area contributed by atoms with Gasteiger partial charge in [0.15, 0.2) is 0 Å². The molecule has 2 atom stereocenters. The predicted molar refractivity (Wildman–Crippen MR) is 188 cm³/mol. The van der Waals surface area contributed by atoms with Crippen molar-refractivity contribution in [3.8, 4) is 0 Å². The minimum atomic E-state index is -5.04. The van der Waals surface area contributed by atoms with Crippen molar-refractivity contribution < 1.29 is 74.1 Å². The van der Waals surface area contributed by atoms with Crippen molar-refractivity contribution in [1.82, 2.24) is 19.6 Å². The Morgan fingerprint density at radius 2 is 0.965 bits per heavy atom. The standard InChI is InChI=1S/C36H36F6N4O10S/c1-53-31(49)25-19-43(33(51)55-3)13-15-45(25)29(47)11-7-21-5-9-27(23(17-21)35(37,38)39)57-28-10-6-22(18-24(28)36(40,41)42)8-12-30(48)46-16-14-44(34(52)56-4)20-26(46)32(50)54-2/h5-12,17-18,25-26H,13-16,19-20H2,1-4H3/b11-7+,12-8+. The highest BCUT2D eigenvalue weighted by Crippen LogP contribution is 2.44. The molecule has 0 aliphatic carbocycles. The van der Waals surface area contributed by atoms with Gasteiger partial charge in [-0.2, -0.15) is 26.3 Å². The number of carbonyl (C=O) groups is 6. The molecule has 2 fully saturated rings. The number of amides is 4. The molecule has 2 heterocycles. The van der Waals surface area contributed by atoms with Gasteiger partial charge in [-0.05, 0) is 47.5 Å². The Labute approximate surface area is 325 Å². The Kier molecular flexibility index (Phi) is 14.3. The third-order valence-electron chi connectivity index (χ3n) is 8.81. The van der Waals surface area contributed by atoms with Crippen LogP contribution in [0.2, 0.25) is 0 Å². The van der Waals surface area contributed by atoms with Gasteiger partial charge in [-0.3, -0.25) is 9.59 Å². The molecule has 2 aromatic carbocycles. The van der Waals surface area contributed by atoms with Crippen LogP contribution in [0.15, 0.2) is 58.3 Å². The first-order valence-electron chi connectivity index (χ1n) is 16.7. The molecular weight excluding hydrogens is 794 g/mol. The number of ether oxygens (including phenoxy) is 4. The third-order valence-corrected chi connectivity index (χ3v) is 9.97. The highest BCUT2D eigenvalue weighted by atomic mass is 32.2. The fourth-order valence-corrected chi connectivity index (χ4v) is 7.01. The number of halogens is 6. The van der Waals surface area contributed by atoms with Crippen LogP contribution in [-0.4, -0.2) is 135 Å². The molecule has 0 saturated carbocycles. The van der Waals surface area contributed by atoms with Gasteiger partial charge in [-0.25, -0.2) is 19.2 Å². The van der Waals surface area contributed by atoms with E-state index in [0.29, 0.717) is 12.1 Å². The van der Waals surface area contributed by atoms with Crippen LogP contribution in [0, 0.1) is 0 Å². The van der Waals surface area contributed by atoms with Crippen LogP contribution in [0.1, 0.15) is 22.3 Å². The van der Waals surface area contributed by atoms with Gasteiger partial charge in [0.1, 0.15) is 12.1 Å². The summed E-state index contributed by atoms with van der Waals surface area (Å²) >= 11 is 0.201. The molecule has 4 amide bonds. The molecule has 0 spiro atoms. The zero-order chi connectivity index (χ0) is 42.2. The molecular formula is C36H36F6N4O10S. The van der Waals surface area contributed by atoms with Gasteiger partial charge in [-0.15, -0.1) is 0 Å². The number of benzene rings is 2. The lowest BCUT2D eigenvalue weighted by molar-refractivity contribution is -0.154. The molecule has 308 valence electrons. The first-order chi connectivity index (χ1) is 26.8. The van der Waals surface area contributed by atoms with E-state index in [-0.39, 0.29) is 62.2 Å². The lowest BCUT2D eigenvalue weighted by Crippen LogP contribution is -2.59. The van der Waals surface area contributed by atoms with Crippen LogP contribution < -0.4 is 0 Å².